The topological polar surface area (TPSA) is 67.4 Å². The molecule has 2 aromatic rings. The Morgan fingerprint density at radius 3 is 2.78 bits per heavy atom. The van der Waals surface area contributed by atoms with Crippen molar-refractivity contribution in [1.82, 2.24) is 9.88 Å². The van der Waals surface area contributed by atoms with Gasteiger partial charge < -0.3 is 14.8 Å². The van der Waals surface area contributed by atoms with Crippen molar-refractivity contribution in [1.29, 1.82) is 0 Å². The van der Waals surface area contributed by atoms with E-state index in [1.165, 1.54) is 0 Å². The van der Waals surface area contributed by atoms with Gasteiger partial charge in [-0.15, -0.1) is 0 Å². The zero-order valence-corrected chi connectivity index (χ0v) is 10.8. The fourth-order valence-electron chi connectivity index (χ4n) is 2.06. The number of benzene rings is 1. The minimum absolute atomic E-state index is 0.0236. The zero-order chi connectivity index (χ0) is 13.3. The average Bonchev–Trinajstić information content (AvgIpc) is 2.64. The number of rotatable bonds is 4. The fraction of sp³-hybridized carbons (Fsp3) is 0.462. The van der Waals surface area contributed by atoms with Crippen molar-refractivity contribution < 1.29 is 9.52 Å². The van der Waals surface area contributed by atoms with Gasteiger partial charge in [-0.25, -0.2) is 4.79 Å². The van der Waals surface area contributed by atoms with Crippen LogP contribution in [0.5, 0.6) is 0 Å². The molecule has 2 N–H and O–H groups in total. The normalized spacial score (nSPS) is 13.4. The summed E-state index contributed by atoms with van der Waals surface area (Å²) in [5.41, 5.74) is 2.05. The summed E-state index contributed by atoms with van der Waals surface area (Å²) < 4.78 is 6.75. The van der Waals surface area contributed by atoms with Crippen LogP contribution in [0.3, 0.4) is 0 Å². The van der Waals surface area contributed by atoms with Crippen molar-refractivity contribution in [2.45, 2.75) is 26.0 Å². The minimum atomic E-state index is -0.593. The fourth-order valence-corrected chi connectivity index (χ4v) is 2.06. The summed E-state index contributed by atoms with van der Waals surface area (Å²) in [6.45, 7) is 4.31. The summed E-state index contributed by atoms with van der Waals surface area (Å²) in [4.78, 5) is 11.7. The number of likely N-dealkylation sites (N-methyl/N-ethyl adjacent to an activating group) is 1. The van der Waals surface area contributed by atoms with Crippen molar-refractivity contribution in [3.05, 3.63) is 34.3 Å². The van der Waals surface area contributed by atoms with Crippen LogP contribution in [0.25, 0.3) is 11.1 Å². The predicted octanol–water partition coefficient (Wildman–Crippen LogP) is 1.43. The Labute approximate surface area is 105 Å². The van der Waals surface area contributed by atoms with Gasteiger partial charge in [-0.05, 0) is 38.6 Å². The maximum absolute atomic E-state index is 11.7. The first-order chi connectivity index (χ1) is 8.54. The number of nitrogens with zero attached hydrogens (tertiary/aromatic N) is 1. The first-order valence-electron chi connectivity index (χ1n) is 6.02. The molecule has 1 aromatic carbocycles. The lowest BCUT2D eigenvalue weighted by Crippen LogP contribution is -2.17. The molecule has 0 spiro atoms. The molecule has 2 rings (SSSR count). The Kier molecular flexibility index (Phi) is 3.54. The molecule has 1 heterocycles. The van der Waals surface area contributed by atoms with E-state index in [2.05, 4.69) is 5.32 Å². The van der Waals surface area contributed by atoms with Gasteiger partial charge in [-0.1, -0.05) is 6.07 Å². The molecule has 1 unspecified atom stereocenters. The van der Waals surface area contributed by atoms with Crippen molar-refractivity contribution in [2.75, 3.05) is 13.6 Å². The van der Waals surface area contributed by atoms with Gasteiger partial charge in [-0.3, -0.25) is 4.57 Å². The van der Waals surface area contributed by atoms with Crippen LogP contribution in [-0.2, 0) is 0 Å². The molecule has 18 heavy (non-hydrogen) atoms. The largest absolute Gasteiger partial charge is 0.420 e. The smallest absolute Gasteiger partial charge is 0.408 e. The Morgan fingerprint density at radius 1 is 1.44 bits per heavy atom. The van der Waals surface area contributed by atoms with E-state index in [9.17, 15) is 9.90 Å². The van der Waals surface area contributed by atoms with Crippen LogP contribution in [0.4, 0.5) is 0 Å². The van der Waals surface area contributed by atoms with Crippen LogP contribution in [0.2, 0.25) is 0 Å². The second-order valence-corrected chi connectivity index (χ2v) is 4.63. The lowest BCUT2D eigenvalue weighted by atomic mass is 10.1. The van der Waals surface area contributed by atoms with Crippen LogP contribution in [0, 0.1) is 0 Å². The van der Waals surface area contributed by atoms with Crippen LogP contribution in [0.15, 0.2) is 27.4 Å². The van der Waals surface area contributed by atoms with E-state index >= 15 is 0 Å². The quantitative estimate of drug-likeness (QED) is 0.861. The molecular weight excluding hydrogens is 232 g/mol. The average molecular weight is 250 g/mol. The van der Waals surface area contributed by atoms with Gasteiger partial charge in [-0.2, -0.15) is 0 Å². The van der Waals surface area contributed by atoms with Gasteiger partial charge in [0.2, 0.25) is 0 Å². The lowest BCUT2D eigenvalue weighted by molar-refractivity contribution is 0.178. The van der Waals surface area contributed by atoms with Gasteiger partial charge in [0.1, 0.15) is 0 Å². The molecule has 1 atom stereocenters. The minimum Gasteiger partial charge on any atom is -0.408 e. The molecule has 1 aromatic heterocycles. The molecule has 0 saturated heterocycles. The van der Waals surface area contributed by atoms with E-state index in [-0.39, 0.29) is 11.8 Å². The molecule has 5 heteroatoms. The second kappa shape index (κ2) is 4.96. The van der Waals surface area contributed by atoms with E-state index in [1.54, 1.807) is 23.7 Å². The standard InChI is InChI=1S/C13H18N2O3/c1-8(2)15-10-6-9(11(16)7-14-3)4-5-12(10)18-13(15)17/h4-6,8,11,14,16H,7H2,1-3H3. The van der Waals surface area contributed by atoms with Crippen LogP contribution in [0.1, 0.15) is 31.6 Å². The molecule has 0 fully saturated rings. The van der Waals surface area contributed by atoms with E-state index in [0.717, 1.165) is 11.1 Å². The second-order valence-electron chi connectivity index (χ2n) is 4.63. The number of oxazole rings is 1. The number of aromatic nitrogens is 1. The van der Waals surface area contributed by atoms with E-state index in [0.29, 0.717) is 12.1 Å². The number of fused-ring (bicyclic) bond motifs is 1. The number of aliphatic hydroxyl groups excluding tert-OH is 1. The Hall–Kier alpha value is -1.59. The highest BCUT2D eigenvalue weighted by Crippen LogP contribution is 2.21. The summed E-state index contributed by atoms with van der Waals surface area (Å²) in [5, 5.41) is 12.9. The molecule has 98 valence electrons. The highest BCUT2D eigenvalue weighted by Gasteiger charge is 2.14. The zero-order valence-electron chi connectivity index (χ0n) is 10.8. The molecule has 0 bridgehead atoms. The molecule has 0 radical (unpaired) electrons. The summed E-state index contributed by atoms with van der Waals surface area (Å²) >= 11 is 0. The van der Waals surface area contributed by atoms with E-state index in [4.69, 9.17) is 4.42 Å². The highest BCUT2D eigenvalue weighted by molar-refractivity contribution is 5.74. The third-order valence-electron chi connectivity index (χ3n) is 2.94. The Bertz CT molecular complexity index is 598. The summed E-state index contributed by atoms with van der Waals surface area (Å²) in [7, 11) is 1.78. The van der Waals surface area contributed by atoms with Gasteiger partial charge in [0.15, 0.2) is 5.58 Å². The van der Waals surface area contributed by atoms with Gasteiger partial charge in [0.05, 0.1) is 11.6 Å². The van der Waals surface area contributed by atoms with Crippen molar-refractivity contribution in [3.63, 3.8) is 0 Å². The highest BCUT2D eigenvalue weighted by atomic mass is 16.4. The van der Waals surface area contributed by atoms with Crippen LogP contribution >= 0.6 is 0 Å². The molecule has 0 saturated carbocycles. The number of aliphatic hydroxyl groups is 1. The molecular formula is C13H18N2O3. The maximum Gasteiger partial charge on any atom is 0.420 e. The first-order valence-corrected chi connectivity index (χ1v) is 6.02. The van der Waals surface area contributed by atoms with Crippen LogP contribution in [-0.4, -0.2) is 23.3 Å². The number of hydrogen-bond acceptors (Lipinski definition) is 4. The van der Waals surface area contributed by atoms with Gasteiger partial charge in [0, 0.05) is 12.6 Å². The lowest BCUT2D eigenvalue weighted by Gasteiger charge is -2.11. The molecule has 0 aliphatic carbocycles. The van der Waals surface area contributed by atoms with E-state index < -0.39 is 6.10 Å². The van der Waals surface area contributed by atoms with Crippen molar-refractivity contribution >= 4 is 11.1 Å². The SMILES string of the molecule is CNCC(O)c1ccc2oc(=O)n(C(C)C)c2c1. The predicted molar refractivity (Wildman–Crippen MR) is 69.7 cm³/mol. The van der Waals surface area contributed by atoms with Crippen molar-refractivity contribution in [3.8, 4) is 0 Å². The monoisotopic (exact) mass is 250 g/mol. The first kappa shape index (κ1) is 12.9. The number of nitrogens with one attached hydrogen (secondary N) is 1. The summed E-state index contributed by atoms with van der Waals surface area (Å²) in [6, 6.07) is 5.33. The van der Waals surface area contributed by atoms with E-state index in [1.807, 2.05) is 19.9 Å². The molecule has 5 nitrogen and oxygen atoms in total. The molecule has 0 amide bonds. The molecule has 0 aliphatic rings. The summed E-state index contributed by atoms with van der Waals surface area (Å²) in [5.74, 6) is -0.361. The third kappa shape index (κ3) is 2.19. The Balaban J connectivity index is 2.55. The van der Waals surface area contributed by atoms with Crippen LogP contribution < -0.4 is 11.1 Å². The number of hydrogen-bond donors (Lipinski definition) is 2. The van der Waals surface area contributed by atoms with Crippen molar-refractivity contribution in [2.24, 2.45) is 0 Å². The molecule has 0 aliphatic heterocycles. The Morgan fingerprint density at radius 2 is 2.17 bits per heavy atom. The van der Waals surface area contributed by atoms with Gasteiger partial charge in [0.25, 0.3) is 0 Å². The third-order valence-corrected chi connectivity index (χ3v) is 2.94. The summed E-state index contributed by atoms with van der Waals surface area (Å²) in [6.07, 6.45) is -0.593. The maximum atomic E-state index is 11.7. The van der Waals surface area contributed by atoms with Gasteiger partial charge >= 0.3 is 5.76 Å².